The van der Waals surface area contributed by atoms with Crippen molar-refractivity contribution in [3.05, 3.63) is 71.0 Å². The van der Waals surface area contributed by atoms with Gasteiger partial charge in [0.15, 0.2) is 0 Å². The van der Waals surface area contributed by atoms with Gasteiger partial charge in [0.25, 0.3) is 0 Å². The summed E-state index contributed by atoms with van der Waals surface area (Å²) in [7, 11) is 0. The van der Waals surface area contributed by atoms with Crippen LogP contribution in [-0.2, 0) is 9.53 Å². The molecular weight excluding hydrogens is 450 g/mol. The Morgan fingerprint density at radius 1 is 1.19 bits per heavy atom. The molecule has 4 nitrogen and oxygen atoms in total. The number of ether oxygens (including phenoxy) is 2. The zero-order valence-electron chi connectivity index (χ0n) is 17.0. The molecule has 3 rings (SSSR count). The summed E-state index contributed by atoms with van der Waals surface area (Å²) in [5.74, 6) is -2.40. The maximum absolute atomic E-state index is 13.3. The number of esters is 1. The third-order valence-corrected chi connectivity index (χ3v) is 5.65. The lowest BCUT2D eigenvalue weighted by Crippen LogP contribution is -2.14. The van der Waals surface area contributed by atoms with Gasteiger partial charge in [-0.15, -0.1) is 0 Å². The molecule has 1 aliphatic carbocycles. The fraction of sp³-hybridized carbons (Fsp3) is 0.304. The van der Waals surface area contributed by atoms with E-state index in [0.717, 1.165) is 6.08 Å². The maximum atomic E-state index is 13.3. The standard InChI is InChI=1S/C23H18ClF4NO3/c1-22(2)17(11-19(24)23(26,27)28)20(22)21(30)32-18(12-29)13-5-3-7-15(9-13)31-16-8-4-6-14(25)10-16/h3-11,17-18,20H,1-2H3/b19-11-/t17-,18-,20-/m0/s1. The van der Waals surface area contributed by atoms with Gasteiger partial charge in [-0.25, -0.2) is 4.39 Å². The fourth-order valence-electron chi connectivity index (χ4n) is 3.46. The van der Waals surface area contributed by atoms with Gasteiger partial charge < -0.3 is 9.47 Å². The van der Waals surface area contributed by atoms with Gasteiger partial charge in [-0.05, 0) is 35.6 Å². The van der Waals surface area contributed by atoms with Crippen LogP contribution in [0, 0.1) is 34.4 Å². The Kier molecular flexibility index (Phi) is 6.51. The maximum Gasteiger partial charge on any atom is 0.426 e. The van der Waals surface area contributed by atoms with Crippen molar-refractivity contribution in [1.82, 2.24) is 0 Å². The van der Waals surface area contributed by atoms with Crippen molar-refractivity contribution in [1.29, 1.82) is 5.26 Å². The smallest absolute Gasteiger partial charge is 0.426 e. The molecule has 2 aromatic rings. The number of nitriles is 1. The van der Waals surface area contributed by atoms with E-state index >= 15 is 0 Å². The first-order valence-electron chi connectivity index (χ1n) is 9.51. The number of alkyl halides is 3. The van der Waals surface area contributed by atoms with Crippen LogP contribution < -0.4 is 4.74 Å². The van der Waals surface area contributed by atoms with Gasteiger partial charge in [0, 0.05) is 11.6 Å². The van der Waals surface area contributed by atoms with Crippen LogP contribution in [0.5, 0.6) is 11.5 Å². The molecule has 0 heterocycles. The van der Waals surface area contributed by atoms with Crippen molar-refractivity contribution < 1.29 is 31.8 Å². The summed E-state index contributed by atoms with van der Waals surface area (Å²) in [6.07, 6.45) is -5.20. The molecule has 32 heavy (non-hydrogen) atoms. The number of allylic oxidation sites excluding steroid dienone is 2. The molecule has 1 aliphatic rings. The monoisotopic (exact) mass is 467 g/mol. The Morgan fingerprint density at radius 3 is 2.41 bits per heavy atom. The lowest BCUT2D eigenvalue weighted by atomic mass is 10.1. The largest absolute Gasteiger partial charge is 0.457 e. The molecule has 2 aromatic carbocycles. The van der Waals surface area contributed by atoms with E-state index in [-0.39, 0.29) is 11.5 Å². The summed E-state index contributed by atoms with van der Waals surface area (Å²) in [5.41, 5.74) is -0.501. The number of nitrogens with zero attached hydrogens (tertiary/aromatic N) is 1. The average Bonchev–Trinajstić information content (AvgIpc) is 3.25. The quantitative estimate of drug-likeness (QED) is 0.351. The minimum atomic E-state index is -4.70. The first kappa shape index (κ1) is 23.6. The van der Waals surface area contributed by atoms with Crippen LogP contribution >= 0.6 is 11.6 Å². The molecule has 0 radical (unpaired) electrons. The lowest BCUT2D eigenvalue weighted by molar-refractivity contribution is -0.149. The van der Waals surface area contributed by atoms with E-state index in [1.54, 1.807) is 32.0 Å². The van der Waals surface area contributed by atoms with Crippen LogP contribution in [0.25, 0.3) is 0 Å². The molecular formula is C23H18ClF4NO3. The van der Waals surface area contributed by atoms with Gasteiger partial charge in [0.2, 0.25) is 6.10 Å². The van der Waals surface area contributed by atoms with Crippen LogP contribution in [0.1, 0.15) is 25.5 Å². The Labute approximate surface area is 187 Å². The fourth-order valence-corrected chi connectivity index (χ4v) is 3.59. The second kappa shape index (κ2) is 8.83. The summed E-state index contributed by atoms with van der Waals surface area (Å²) in [4.78, 5) is 12.6. The first-order chi connectivity index (χ1) is 14.9. The highest BCUT2D eigenvalue weighted by Gasteiger charge is 2.62. The molecule has 0 aliphatic heterocycles. The zero-order chi connectivity index (χ0) is 23.7. The predicted octanol–water partition coefficient (Wildman–Crippen LogP) is 6.68. The molecule has 0 spiro atoms. The number of halogens is 5. The van der Waals surface area contributed by atoms with E-state index in [1.807, 2.05) is 6.07 Å². The highest BCUT2D eigenvalue weighted by atomic mass is 35.5. The predicted molar refractivity (Wildman–Crippen MR) is 108 cm³/mol. The molecule has 1 saturated carbocycles. The summed E-state index contributed by atoms with van der Waals surface area (Å²) in [6, 6.07) is 13.5. The lowest BCUT2D eigenvalue weighted by Gasteiger charge is -2.13. The zero-order valence-corrected chi connectivity index (χ0v) is 17.7. The Hall–Kier alpha value is -3.05. The number of benzene rings is 2. The van der Waals surface area contributed by atoms with E-state index in [0.29, 0.717) is 5.56 Å². The van der Waals surface area contributed by atoms with Gasteiger partial charge >= 0.3 is 12.1 Å². The highest BCUT2D eigenvalue weighted by molar-refractivity contribution is 6.30. The third-order valence-electron chi connectivity index (χ3n) is 5.31. The van der Waals surface area contributed by atoms with Crippen molar-refractivity contribution >= 4 is 17.6 Å². The molecule has 0 aromatic heterocycles. The number of carbonyl (C=O) groups is 1. The summed E-state index contributed by atoms with van der Waals surface area (Å²) in [6.45, 7) is 3.24. The Balaban J connectivity index is 1.73. The molecule has 0 bridgehead atoms. The van der Waals surface area contributed by atoms with Gasteiger partial charge in [-0.1, -0.05) is 49.7 Å². The number of hydrogen-bond acceptors (Lipinski definition) is 4. The third kappa shape index (κ3) is 5.22. The van der Waals surface area contributed by atoms with Crippen molar-refractivity contribution in [2.24, 2.45) is 17.3 Å². The molecule has 0 amide bonds. The average molecular weight is 468 g/mol. The molecule has 1 fully saturated rings. The van der Waals surface area contributed by atoms with E-state index in [1.165, 1.54) is 30.3 Å². The van der Waals surface area contributed by atoms with Crippen molar-refractivity contribution in [3.8, 4) is 17.6 Å². The minimum Gasteiger partial charge on any atom is -0.457 e. The Bertz CT molecular complexity index is 1090. The molecule has 168 valence electrons. The van der Waals surface area contributed by atoms with Crippen LogP contribution in [0.2, 0.25) is 0 Å². The molecule has 0 N–H and O–H groups in total. The van der Waals surface area contributed by atoms with Crippen LogP contribution in [0.3, 0.4) is 0 Å². The van der Waals surface area contributed by atoms with Gasteiger partial charge in [0.1, 0.15) is 28.4 Å². The summed E-state index contributed by atoms with van der Waals surface area (Å²) in [5, 5.41) is 8.20. The number of hydrogen-bond donors (Lipinski definition) is 0. The van der Waals surface area contributed by atoms with Gasteiger partial charge in [-0.2, -0.15) is 18.4 Å². The summed E-state index contributed by atoms with van der Waals surface area (Å²) >= 11 is 5.31. The number of carbonyl (C=O) groups excluding carboxylic acids is 1. The second-order valence-corrected chi connectivity index (χ2v) is 8.32. The van der Waals surface area contributed by atoms with Gasteiger partial charge in [-0.3, -0.25) is 4.79 Å². The van der Waals surface area contributed by atoms with Crippen molar-refractivity contribution in [2.75, 3.05) is 0 Å². The van der Waals surface area contributed by atoms with Crippen LogP contribution in [0.4, 0.5) is 17.6 Å². The number of rotatable bonds is 6. The van der Waals surface area contributed by atoms with E-state index in [9.17, 15) is 27.6 Å². The molecule has 0 unspecified atom stereocenters. The summed E-state index contributed by atoms with van der Waals surface area (Å²) < 4.78 is 62.4. The Morgan fingerprint density at radius 2 is 1.81 bits per heavy atom. The second-order valence-electron chi connectivity index (χ2n) is 7.92. The normalized spacial score (nSPS) is 20.8. The topological polar surface area (TPSA) is 59.3 Å². The molecule has 9 heteroatoms. The molecule has 3 atom stereocenters. The van der Waals surface area contributed by atoms with E-state index < -0.39 is 46.3 Å². The van der Waals surface area contributed by atoms with Crippen LogP contribution in [-0.4, -0.2) is 12.1 Å². The first-order valence-corrected chi connectivity index (χ1v) is 9.89. The minimum absolute atomic E-state index is 0.239. The van der Waals surface area contributed by atoms with E-state index in [4.69, 9.17) is 21.1 Å². The SMILES string of the molecule is CC1(C)[C@H](C(=O)O[C@@H](C#N)c2cccc(Oc3cccc(F)c3)c2)[C@@H]1/C=C(\Cl)C(F)(F)F. The van der Waals surface area contributed by atoms with E-state index in [2.05, 4.69) is 0 Å². The highest BCUT2D eigenvalue weighted by Crippen LogP contribution is 2.60. The van der Waals surface area contributed by atoms with Gasteiger partial charge in [0.05, 0.1) is 5.92 Å². The van der Waals surface area contributed by atoms with Crippen molar-refractivity contribution in [3.63, 3.8) is 0 Å². The van der Waals surface area contributed by atoms with Crippen molar-refractivity contribution in [2.45, 2.75) is 26.1 Å². The molecule has 0 saturated heterocycles. The van der Waals surface area contributed by atoms with Crippen LogP contribution in [0.15, 0.2) is 59.6 Å².